The molecule has 0 fully saturated rings. The molecule has 1 N–H and O–H groups in total. The van der Waals surface area contributed by atoms with Gasteiger partial charge in [0.05, 0.1) is 14.7 Å². The van der Waals surface area contributed by atoms with E-state index in [9.17, 15) is 4.79 Å². The molecule has 1 amide bonds. The van der Waals surface area contributed by atoms with Crippen LogP contribution >= 0.6 is 38.9 Å². The molecular weight excluding hydrogens is 400 g/mol. The van der Waals surface area contributed by atoms with Crippen LogP contribution in [0.2, 0.25) is 5.02 Å². The van der Waals surface area contributed by atoms with Gasteiger partial charge in [0.1, 0.15) is 5.75 Å². The minimum atomic E-state index is -0.261. The molecule has 0 spiro atoms. The molecule has 0 radical (unpaired) electrons. The number of carbonyl (C=O) groups excluding carboxylic acids is 1. The molecule has 3 rings (SSSR count). The van der Waals surface area contributed by atoms with Crippen molar-refractivity contribution in [3.63, 3.8) is 0 Å². The van der Waals surface area contributed by atoms with Gasteiger partial charge in [-0.05, 0) is 58.7 Å². The summed E-state index contributed by atoms with van der Waals surface area (Å²) in [5.74, 6) is 0.365. The van der Waals surface area contributed by atoms with Crippen molar-refractivity contribution in [3.05, 3.63) is 51.5 Å². The lowest BCUT2D eigenvalue weighted by Gasteiger charge is -2.08. The molecule has 0 bridgehead atoms. The van der Waals surface area contributed by atoms with Crippen molar-refractivity contribution in [2.24, 2.45) is 0 Å². The van der Waals surface area contributed by atoms with E-state index in [1.54, 1.807) is 6.07 Å². The summed E-state index contributed by atoms with van der Waals surface area (Å²) in [6.07, 6.45) is 0. The number of ether oxygens (including phenoxy) is 1. The van der Waals surface area contributed by atoms with Crippen LogP contribution in [0.1, 0.15) is 5.56 Å². The van der Waals surface area contributed by atoms with Crippen molar-refractivity contribution in [1.29, 1.82) is 0 Å². The summed E-state index contributed by atoms with van der Waals surface area (Å²) in [4.78, 5) is 16.3. The molecule has 1 aromatic heterocycles. The summed E-state index contributed by atoms with van der Waals surface area (Å²) in [5.41, 5.74) is 1.92. The molecule has 0 saturated carbocycles. The van der Waals surface area contributed by atoms with Crippen LogP contribution in [0.15, 0.2) is 40.9 Å². The van der Waals surface area contributed by atoms with Gasteiger partial charge in [0.25, 0.3) is 5.91 Å². The average molecular weight is 412 g/mol. The fourth-order valence-electron chi connectivity index (χ4n) is 1.97. The molecular formula is C16H12BrClN2O2S. The van der Waals surface area contributed by atoms with E-state index in [1.165, 1.54) is 11.3 Å². The summed E-state index contributed by atoms with van der Waals surface area (Å²) in [5, 5.41) is 3.91. The van der Waals surface area contributed by atoms with E-state index in [-0.39, 0.29) is 12.5 Å². The maximum atomic E-state index is 12.0. The average Bonchev–Trinajstić information content (AvgIpc) is 2.87. The van der Waals surface area contributed by atoms with Crippen LogP contribution in [0, 0.1) is 6.92 Å². The Morgan fingerprint density at radius 3 is 2.96 bits per heavy atom. The van der Waals surface area contributed by atoms with Crippen LogP contribution in [0.4, 0.5) is 5.13 Å². The van der Waals surface area contributed by atoms with Gasteiger partial charge >= 0.3 is 0 Å². The van der Waals surface area contributed by atoms with Crippen molar-refractivity contribution in [2.45, 2.75) is 6.92 Å². The summed E-state index contributed by atoms with van der Waals surface area (Å²) < 4.78 is 7.26. The first-order valence-electron chi connectivity index (χ1n) is 6.76. The molecule has 2 aromatic carbocycles. The van der Waals surface area contributed by atoms with Crippen LogP contribution in [0.3, 0.4) is 0 Å². The number of rotatable bonds is 4. The van der Waals surface area contributed by atoms with E-state index in [1.807, 2.05) is 37.3 Å². The van der Waals surface area contributed by atoms with Gasteiger partial charge in [0.15, 0.2) is 11.7 Å². The Morgan fingerprint density at radius 2 is 2.17 bits per heavy atom. The van der Waals surface area contributed by atoms with E-state index in [2.05, 4.69) is 26.2 Å². The van der Waals surface area contributed by atoms with Crippen molar-refractivity contribution in [1.82, 2.24) is 4.98 Å². The Morgan fingerprint density at radius 1 is 1.35 bits per heavy atom. The Balaban J connectivity index is 1.64. The fourth-order valence-corrected chi connectivity index (χ4v) is 3.74. The number of hydrogen-bond donors (Lipinski definition) is 1. The Bertz CT molecular complexity index is 882. The number of aryl methyl sites for hydroxylation is 1. The van der Waals surface area contributed by atoms with Gasteiger partial charge in [-0.15, -0.1) is 0 Å². The number of nitrogens with one attached hydrogen (secondary N) is 1. The van der Waals surface area contributed by atoms with E-state index in [4.69, 9.17) is 16.3 Å². The summed E-state index contributed by atoms with van der Waals surface area (Å²) >= 11 is 10.7. The number of aromatic nitrogens is 1. The van der Waals surface area contributed by atoms with E-state index < -0.39 is 0 Å². The second-order valence-corrected chi connectivity index (χ2v) is 7.22. The molecule has 0 unspecified atom stereocenters. The van der Waals surface area contributed by atoms with Crippen LogP contribution < -0.4 is 10.1 Å². The SMILES string of the molecule is Cc1ccc(OCC(=O)Nc2nc3ccc(Cl)cc3s2)c(Br)c1. The predicted octanol–water partition coefficient (Wildman–Crippen LogP) is 5.04. The number of nitrogens with zero attached hydrogens (tertiary/aromatic N) is 1. The molecule has 0 aliphatic heterocycles. The summed E-state index contributed by atoms with van der Waals surface area (Å²) in [7, 11) is 0. The first-order valence-corrected chi connectivity index (χ1v) is 8.75. The molecule has 0 saturated heterocycles. The molecule has 23 heavy (non-hydrogen) atoms. The second-order valence-electron chi connectivity index (χ2n) is 4.90. The zero-order valence-electron chi connectivity index (χ0n) is 12.1. The van der Waals surface area contributed by atoms with Crippen molar-refractivity contribution >= 4 is 60.1 Å². The van der Waals surface area contributed by atoms with Crippen molar-refractivity contribution in [2.75, 3.05) is 11.9 Å². The monoisotopic (exact) mass is 410 g/mol. The number of fused-ring (bicyclic) bond motifs is 1. The fraction of sp³-hybridized carbons (Fsp3) is 0.125. The highest BCUT2D eigenvalue weighted by molar-refractivity contribution is 9.10. The van der Waals surface area contributed by atoms with Crippen LogP contribution in [0.5, 0.6) is 5.75 Å². The Hall–Kier alpha value is -1.63. The van der Waals surface area contributed by atoms with Gasteiger partial charge in [-0.1, -0.05) is 29.0 Å². The highest BCUT2D eigenvalue weighted by Gasteiger charge is 2.10. The molecule has 7 heteroatoms. The highest BCUT2D eigenvalue weighted by Crippen LogP contribution is 2.28. The number of anilines is 1. The van der Waals surface area contributed by atoms with Crippen molar-refractivity contribution < 1.29 is 9.53 Å². The first kappa shape index (κ1) is 16.2. The number of hydrogen-bond acceptors (Lipinski definition) is 4. The zero-order valence-corrected chi connectivity index (χ0v) is 15.3. The lowest BCUT2D eigenvalue weighted by molar-refractivity contribution is -0.118. The highest BCUT2D eigenvalue weighted by atomic mass is 79.9. The molecule has 0 aliphatic rings. The lowest BCUT2D eigenvalue weighted by atomic mass is 10.2. The Labute approximate surface area is 150 Å². The van der Waals surface area contributed by atoms with Crippen molar-refractivity contribution in [3.8, 4) is 5.75 Å². The number of carbonyl (C=O) groups is 1. The zero-order chi connectivity index (χ0) is 16.4. The van der Waals surface area contributed by atoms with E-state index in [0.29, 0.717) is 15.9 Å². The quantitative estimate of drug-likeness (QED) is 0.654. The first-order chi connectivity index (χ1) is 11.0. The molecule has 118 valence electrons. The molecule has 3 aromatic rings. The van der Waals surface area contributed by atoms with Gasteiger partial charge < -0.3 is 4.74 Å². The maximum Gasteiger partial charge on any atom is 0.264 e. The minimum Gasteiger partial charge on any atom is -0.483 e. The van der Waals surface area contributed by atoms with Crippen LogP contribution in [-0.2, 0) is 4.79 Å². The van der Waals surface area contributed by atoms with Gasteiger partial charge in [-0.25, -0.2) is 4.98 Å². The third-order valence-corrected chi connectivity index (χ3v) is 4.83. The number of benzene rings is 2. The van der Waals surface area contributed by atoms with Gasteiger partial charge in [0.2, 0.25) is 0 Å². The molecule has 4 nitrogen and oxygen atoms in total. The Kier molecular flexibility index (Phi) is 4.84. The van der Waals surface area contributed by atoms with E-state index in [0.717, 1.165) is 20.3 Å². The van der Waals surface area contributed by atoms with Gasteiger partial charge in [-0.2, -0.15) is 0 Å². The summed E-state index contributed by atoms with van der Waals surface area (Å²) in [6.45, 7) is 1.90. The maximum absolute atomic E-state index is 12.0. The molecule has 1 heterocycles. The topological polar surface area (TPSA) is 51.2 Å². The van der Waals surface area contributed by atoms with E-state index >= 15 is 0 Å². The standard InChI is InChI=1S/C16H12BrClN2O2S/c1-9-2-5-13(11(17)6-9)22-8-15(21)20-16-19-12-4-3-10(18)7-14(12)23-16/h2-7H,8H2,1H3,(H,19,20,21). The third kappa shape index (κ3) is 4.02. The predicted molar refractivity (Wildman–Crippen MR) is 97.6 cm³/mol. The summed E-state index contributed by atoms with van der Waals surface area (Å²) in [6, 6.07) is 11.1. The molecule has 0 atom stereocenters. The molecule has 0 aliphatic carbocycles. The third-order valence-electron chi connectivity index (χ3n) is 3.04. The second kappa shape index (κ2) is 6.86. The number of amides is 1. The smallest absolute Gasteiger partial charge is 0.264 e. The van der Waals surface area contributed by atoms with Gasteiger partial charge in [0, 0.05) is 5.02 Å². The normalized spacial score (nSPS) is 10.7. The number of halogens is 2. The van der Waals surface area contributed by atoms with Crippen LogP contribution in [-0.4, -0.2) is 17.5 Å². The largest absolute Gasteiger partial charge is 0.483 e. The van der Waals surface area contributed by atoms with Gasteiger partial charge in [-0.3, -0.25) is 10.1 Å². The number of thiazole rings is 1. The lowest BCUT2D eigenvalue weighted by Crippen LogP contribution is -2.20. The minimum absolute atomic E-state index is 0.0850. The van der Waals surface area contributed by atoms with Crippen LogP contribution in [0.25, 0.3) is 10.2 Å².